The van der Waals surface area contributed by atoms with Crippen LogP contribution in [0.15, 0.2) is 24.3 Å². The van der Waals surface area contributed by atoms with Gasteiger partial charge in [-0.25, -0.2) is 0 Å². The summed E-state index contributed by atoms with van der Waals surface area (Å²) in [5.41, 5.74) is 0.00879. The maximum Gasteiger partial charge on any atom is 0.416 e. The average molecular weight is 303 g/mol. The molecule has 118 valence electrons. The third kappa shape index (κ3) is 6.62. The zero-order valence-corrected chi connectivity index (χ0v) is 11.9. The number of carbonyl (C=O) groups is 1. The Morgan fingerprint density at radius 3 is 2.43 bits per heavy atom. The molecule has 1 aromatic carbocycles. The van der Waals surface area contributed by atoms with Crippen molar-refractivity contribution in [3.63, 3.8) is 0 Å². The summed E-state index contributed by atoms with van der Waals surface area (Å²) in [4.78, 5) is 11.7. The van der Waals surface area contributed by atoms with Crippen LogP contribution in [0.1, 0.15) is 37.3 Å². The molecule has 0 aliphatic rings. The molecule has 1 amide bonds. The third-order valence-corrected chi connectivity index (χ3v) is 3.12. The lowest BCUT2D eigenvalue weighted by Crippen LogP contribution is -2.32. The van der Waals surface area contributed by atoms with Gasteiger partial charge in [-0.3, -0.25) is 4.79 Å². The van der Waals surface area contributed by atoms with E-state index >= 15 is 0 Å². The van der Waals surface area contributed by atoms with E-state index in [0.717, 1.165) is 12.1 Å². The van der Waals surface area contributed by atoms with Gasteiger partial charge < -0.3 is 10.4 Å². The van der Waals surface area contributed by atoms with E-state index in [1.807, 2.05) is 6.92 Å². The molecule has 0 fully saturated rings. The highest BCUT2D eigenvalue weighted by Gasteiger charge is 2.29. The monoisotopic (exact) mass is 303 g/mol. The Balaban J connectivity index is 2.39. The summed E-state index contributed by atoms with van der Waals surface area (Å²) in [7, 11) is 0. The molecule has 2 N–H and O–H groups in total. The van der Waals surface area contributed by atoms with E-state index in [1.54, 1.807) is 0 Å². The maximum absolute atomic E-state index is 12.4. The number of halogens is 3. The van der Waals surface area contributed by atoms with Crippen molar-refractivity contribution in [1.29, 1.82) is 0 Å². The number of hydrogen-bond acceptors (Lipinski definition) is 2. The van der Waals surface area contributed by atoms with Crippen LogP contribution in [0.3, 0.4) is 0 Å². The standard InChI is InChI=1S/C15H20F3NO2/c1-11(3-2-10-20)19-14(21)9-6-12-4-7-13(8-5-12)15(16,17)18/h4-5,7-8,11,20H,2-3,6,9-10H2,1H3,(H,19,21). The third-order valence-electron chi connectivity index (χ3n) is 3.12. The van der Waals surface area contributed by atoms with Crippen LogP contribution in [-0.4, -0.2) is 23.7 Å². The number of hydrogen-bond donors (Lipinski definition) is 2. The summed E-state index contributed by atoms with van der Waals surface area (Å²) in [5.74, 6) is -0.139. The van der Waals surface area contributed by atoms with E-state index in [1.165, 1.54) is 12.1 Å². The first kappa shape index (κ1) is 17.5. The highest BCUT2D eigenvalue weighted by Crippen LogP contribution is 2.29. The van der Waals surface area contributed by atoms with E-state index in [-0.39, 0.29) is 25.0 Å². The Morgan fingerprint density at radius 2 is 1.90 bits per heavy atom. The molecule has 0 aliphatic carbocycles. The Hall–Kier alpha value is -1.56. The molecule has 0 spiro atoms. The van der Waals surface area contributed by atoms with Gasteiger partial charge in [0.2, 0.25) is 5.91 Å². The fourth-order valence-corrected chi connectivity index (χ4v) is 1.93. The number of alkyl halides is 3. The van der Waals surface area contributed by atoms with Crippen molar-refractivity contribution in [1.82, 2.24) is 5.32 Å². The van der Waals surface area contributed by atoms with Crippen molar-refractivity contribution in [3.05, 3.63) is 35.4 Å². The molecule has 3 nitrogen and oxygen atoms in total. The molecule has 1 unspecified atom stereocenters. The van der Waals surface area contributed by atoms with Gasteiger partial charge in [-0.05, 0) is 43.9 Å². The summed E-state index contributed by atoms with van der Waals surface area (Å²) in [5, 5.41) is 11.5. The average Bonchev–Trinajstić information content (AvgIpc) is 2.42. The second-order valence-electron chi connectivity index (χ2n) is 5.03. The normalized spacial score (nSPS) is 13.0. The lowest BCUT2D eigenvalue weighted by molar-refractivity contribution is -0.137. The van der Waals surface area contributed by atoms with Gasteiger partial charge in [0.25, 0.3) is 0 Å². The van der Waals surface area contributed by atoms with Crippen molar-refractivity contribution < 1.29 is 23.1 Å². The summed E-state index contributed by atoms with van der Waals surface area (Å²) in [6.07, 6.45) is -2.38. The summed E-state index contributed by atoms with van der Waals surface area (Å²) in [6.45, 7) is 1.94. The van der Waals surface area contributed by atoms with E-state index in [4.69, 9.17) is 5.11 Å². The zero-order chi connectivity index (χ0) is 15.9. The Bertz CT molecular complexity index is 443. The van der Waals surface area contributed by atoms with Crippen LogP contribution < -0.4 is 5.32 Å². The fourth-order valence-electron chi connectivity index (χ4n) is 1.93. The van der Waals surface area contributed by atoms with E-state index in [0.29, 0.717) is 24.8 Å². The van der Waals surface area contributed by atoms with Crippen LogP contribution in [0, 0.1) is 0 Å². The molecule has 0 heterocycles. The molecule has 1 atom stereocenters. The predicted molar refractivity (Wildman–Crippen MR) is 73.7 cm³/mol. The molecular formula is C15H20F3NO2. The number of carbonyl (C=O) groups excluding carboxylic acids is 1. The van der Waals surface area contributed by atoms with Crippen LogP contribution in [0.2, 0.25) is 0 Å². The first-order valence-corrected chi connectivity index (χ1v) is 6.89. The fraction of sp³-hybridized carbons (Fsp3) is 0.533. The number of amides is 1. The van der Waals surface area contributed by atoms with E-state index in [9.17, 15) is 18.0 Å². The maximum atomic E-state index is 12.4. The number of benzene rings is 1. The second-order valence-corrected chi connectivity index (χ2v) is 5.03. The molecule has 1 rings (SSSR count). The van der Waals surface area contributed by atoms with Crippen LogP contribution in [0.4, 0.5) is 13.2 Å². The molecule has 6 heteroatoms. The molecule has 0 saturated carbocycles. The first-order chi connectivity index (χ1) is 9.82. The lowest BCUT2D eigenvalue weighted by atomic mass is 10.1. The minimum Gasteiger partial charge on any atom is -0.396 e. The molecule has 1 aromatic rings. The van der Waals surface area contributed by atoms with Gasteiger partial charge in [0, 0.05) is 19.1 Å². The van der Waals surface area contributed by atoms with Gasteiger partial charge in [0.15, 0.2) is 0 Å². The van der Waals surface area contributed by atoms with Crippen LogP contribution in [0.5, 0.6) is 0 Å². The molecule has 0 aromatic heterocycles. The molecule has 0 radical (unpaired) electrons. The van der Waals surface area contributed by atoms with Gasteiger partial charge in [0.1, 0.15) is 0 Å². The second kappa shape index (κ2) is 8.02. The van der Waals surface area contributed by atoms with Crippen LogP contribution in [0.25, 0.3) is 0 Å². The zero-order valence-electron chi connectivity index (χ0n) is 11.9. The number of rotatable bonds is 7. The van der Waals surface area contributed by atoms with Gasteiger partial charge >= 0.3 is 6.18 Å². The highest BCUT2D eigenvalue weighted by molar-refractivity contribution is 5.76. The van der Waals surface area contributed by atoms with Crippen molar-refractivity contribution in [2.45, 2.75) is 44.8 Å². The number of aliphatic hydroxyl groups is 1. The van der Waals surface area contributed by atoms with Crippen molar-refractivity contribution >= 4 is 5.91 Å². The molecule has 21 heavy (non-hydrogen) atoms. The Morgan fingerprint density at radius 1 is 1.29 bits per heavy atom. The predicted octanol–water partition coefficient (Wildman–Crippen LogP) is 2.92. The minimum atomic E-state index is -4.34. The summed E-state index contributed by atoms with van der Waals surface area (Å²) < 4.78 is 37.2. The van der Waals surface area contributed by atoms with Crippen molar-refractivity contribution in [2.24, 2.45) is 0 Å². The highest BCUT2D eigenvalue weighted by atomic mass is 19.4. The van der Waals surface area contributed by atoms with Gasteiger partial charge in [-0.1, -0.05) is 12.1 Å². The Kier molecular flexibility index (Phi) is 6.68. The molecule has 0 bridgehead atoms. The molecule has 0 saturated heterocycles. The van der Waals surface area contributed by atoms with Crippen molar-refractivity contribution in [2.75, 3.05) is 6.61 Å². The number of aryl methyl sites for hydroxylation is 1. The quantitative estimate of drug-likeness (QED) is 0.813. The van der Waals surface area contributed by atoms with E-state index < -0.39 is 11.7 Å². The Labute approximate surface area is 122 Å². The minimum absolute atomic E-state index is 0.0164. The topological polar surface area (TPSA) is 49.3 Å². The summed E-state index contributed by atoms with van der Waals surface area (Å²) in [6, 6.07) is 4.82. The number of nitrogens with one attached hydrogen (secondary N) is 1. The van der Waals surface area contributed by atoms with Crippen LogP contribution >= 0.6 is 0 Å². The molecular weight excluding hydrogens is 283 g/mol. The van der Waals surface area contributed by atoms with Gasteiger partial charge in [-0.2, -0.15) is 13.2 Å². The van der Waals surface area contributed by atoms with Crippen molar-refractivity contribution in [3.8, 4) is 0 Å². The van der Waals surface area contributed by atoms with Gasteiger partial charge in [-0.15, -0.1) is 0 Å². The van der Waals surface area contributed by atoms with Crippen LogP contribution in [-0.2, 0) is 17.4 Å². The lowest BCUT2D eigenvalue weighted by Gasteiger charge is -2.13. The molecule has 0 aliphatic heterocycles. The number of aliphatic hydroxyl groups excluding tert-OH is 1. The van der Waals surface area contributed by atoms with Gasteiger partial charge in [0.05, 0.1) is 5.56 Å². The smallest absolute Gasteiger partial charge is 0.396 e. The summed E-state index contributed by atoms with van der Waals surface area (Å²) >= 11 is 0. The largest absolute Gasteiger partial charge is 0.416 e. The SMILES string of the molecule is CC(CCCO)NC(=O)CCc1ccc(C(F)(F)F)cc1. The first-order valence-electron chi connectivity index (χ1n) is 6.89. The van der Waals surface area contributed by atoms with E-state index in [2.05, 4.69) is 5.32 Å².